The molecule has 0 atom stereocenters. The maximum Gasteiger partial charge on any atom is 0.349 e. The van der Waals surface area contributed by atoms with Gasteiger partial charge in [-0.2, -0.15) is 0 Å². The van der Waals surface area contributed by atoms with Crippen molar-refractivity contribution in [2.24, 2.45) is 0 Å². The molecule has 9 heteroatoms. The van der Waals surface area contributed by atoms with Gasteiger partial charge in [0, 0.05) is 38.4 Å². The molecule has 0 radical (unpaired) electrons. The molecule has 2 aromatic carbocycles. The van der Waals surface area contributed by atoms with E-state index >= 15 is 0 Å². The summed E-state index contributed by atoms with van der Waals surface area (Å²) in [5.41, 5.74) is 3.14. The van der Waals surface area contributed by atoms with Crippen molar-refractivity contribution in [3.63, 3.8) is 0 Å². The SMILES string of the molecule is Cc1csc2nc(-c3ccc(NC(=O)c4cc5cc(Br)cc(Br)c5oc4=O)cc3)cn12. The number of nitrogens with one attached hydrogen (secondary N) is 1. The number of imidazole rings is 1. The number of thiazole rings is 1. The second kappa shape index (κ2) is 7.74. The van der Waals surface area contributed by atoms with Crippen LogP contribution < -0.4 is 10.9 Å². The molecule has 0 saturated heterocycles. The number of nitrogens with zero attached hydrogens (tertiary/aromatic N) is 2. The Bertz CT molecular complexity index is 1530. The normalized spacial score (nSPS) is 11.3. The smallest absolute Gasteiger partial charge is 0.349 e. The van der Waals surface area contributed by atoms with Crippen LogP contribution >= 0.6 is 43.2 Å². The number of halogens is 2. The molecule has 0 aliphatic heterocycles. The molecule has 0 aliphatic carbocycles. The lowest BCUT2D eigenvalue weighted by molar-refractivity contribution is 0.102. The molecule has 3 aromatic heterocycles. The van der Waals surface area contributed by atoms with E-state index in [9.17, 15) is 9.59 Å². The standard InChI is InChI=1S/C22H13Br2N3O3S/c1-11-10-31-22-26-18(9-27(11)22)12-2-4-15(5-3-12)25-20(28)16-7-13-6-14(23)8-17(24)19(13)30-21(16)29/h2-10H,1H3,(H,25,28). The summed E-state index contributed by atoms with van der Waals surface area (Å²) in [6, 6.07) is 12.4. The maximum absolute atomic E-state index is 12.7. The first-order valence-electron chi connectivity index (χ1n) is 9.17. The molecule has 5 aromatic rings. The minimum atomic E-state index is -0.696. The summed E-state index contributed by atoms with van der Waals surface area (Å²) < 4.78 is 8.83. The summed E-state index contributed by atoms with van der Waals surface area (Å²) >= 11 is 8.36. The fraction of sp³-hybridized carbons (Fsp3) is 0.0455. The van der Waals surface area contributed by atoms with Gasteiger partial charge in [-0.25, -0.2) is 9.78 Å². The Balaban J connectivity index is 1.41. The molecule has 0 bridgehead atoms. The van der Waals surface area contributed by atoms with E-state index < -0.39 is 11.5 Å². The Morgan fingerprint density at radius 2 is 1.94 bits per heavy atom. The van der Waals surface area contributed by atoms with E-state index in [1.807, 2.05) is 29.7 Å². The molecule has 0 unspecified atom stereocenters. The van der Waals surface area contributed by atoms with Gasteiger partial charge in [-0.1, -0.05) is 28.1 Å². The topological polar surface area (TPSA) is 76.6 Å². The maximum atomic E-state index is 12.7. The average molecular weight is 559 g/mol. The summed E-state index contributed by atoms with van der Waals surface area (Å²) in [6.45, 7) is 2.04. The minimum Gasteiger partial charge on any atom is -0.421 e. The number of rotatable bonds is 3. The van der Waals surface area contributed by atoms with Crippen molar-refractivity contribution >= 4 is 70.7 Å². The number of aryl methyl sites for hydroxylation is 1. The molecule has 1 N–H and O–H groups in total. The highest BCUT2D eigenvalue weighted by molar-refractivity contribution is 9.11. The minimum absolute atomic E-state index is 0.0635. The molecule has 0 aliphatic rings. The Labute approximate surface area is 196 Å². The number of carbonyl (C=O) groups excluding carboxylic acids is 1. The lowest BCUT2D eigenvalue weighted by Crippen LogP contribution is -2.20. The number of fused-ring (bicyclic) bond motifs is 2. The number of aromatic nitrogens is 2. The fourth-order valence-electron chi connectivity index (χ4n) is 3.27. The van der Waals surface area contributed by atoms with Gasteiger partial charge in [0.15, 0.2) is 10.5 Å². The summed E-state index contributed by atoms with van der Waals surface area (Å²) in [4.78, 5) is 30.6. The van der Waals surface area contributed by atoms with Crippen LogP contribution in [0.4, 0.5) is 5.69 Å². The van der Waals surface area contributed by atoms with Crippen LogP contribution in [0.2, 0.25) is 0 Å². The largest absolute Gasteiger partial charge is 0.421 e. The van der Waals surface area contributed by atoms with Crippen molar-refractivity contribution in [3.8, 4) is 11.3 Å². The number of hydrogen-bond acceptors (Lipinski definition) is 5. The number of benzene rings is 2. The third-order valence-corrected chi connectivity index (χ3v) is 6.83. The molecule has 3 heterocycles. The van der Waals surface area contributed by atoms with Crippen molar-refractivity contribution in [1.29, 1.82) is 0 Å². The van der Waals surface area contributed by atoms with Crippen molar-refractivity contribution in [2.45, 2.75) is 6.92 Å². The van der Waals surface area contributed by atoms with Crippen LogP contribution in [0.15, 0.2) is 72.2 Å². The Morgan fingerprint density at radius 1 is 1.16 bits per heavy atom. The highest BCUT2D eigenvalue weighted by Crippen LogP contribution is 2.28. The van der Waals surface area contributed by atoms with Gasteiger partial charge in [0.25, 0.3) is 5.91 Å². The zero-order valence-corrected chi connectivity index (χ0v) is 20.0. The summed E-state index contributed by atoms with van der Waals surface area (Å²) in [5.74, 6) is -0.530. The Kier molecular flexibility index (Phi) is 5.04. The molecular formula is C22H13Br2N3O3S. The third kappa shape index (κ3) is 3.73. The predicted octanol–water partition coefficient (Wildman–Crippen LogP) is 6.25. The van der Waals surface area contributed by atoms with Gasteiger partial charge in [0.1, 0.15) is 5.56 Å². The van der Waals surface area contributed by atoms with Crippen molar-refractivity contribution in [1.82, 2.24) is 9.38 Å². The van der Waals surface area contributed by atoms with E-state index in [0.717, 1.165) is 26.4 Å². The first-order valence-corrected chi connectivity index (χ1v) is 11.6. The van der Waals surface area contributed by atoms with Crippen molar-refractivity contribution < 1.29 is 9.21 Å². The molecule has 31 heavy (non-hydrogen) atoms. The van der Waals surface area contributed by atoms with Crippen LogP contribution in [0.5, 0.6) is 0 Å². The van der Waals surface area contributed by atoms with E-state index in [1.165, 1.54) is 6.07 Å². The summed E-state index contributed by atoms with van der Waals surface area (Å²) in [6.07, 6.45) is 1.99. The molecule has 6 nitrogen and oxygen atoms in total. The molecule has 0 saturated carbocycles. The highest BCUT2D eigenvalue weighted by Gasteiger charge is 2.16. The van der Waals surface area contributed by atoms with Crippen LogP contribution in [-0.2, 0) is 0 Å². The first kappa shape index (κ1) is 20.2. The number of amides is 1. The first-order chi connectivity index (χ1) is 14.9. The van der Waals surface area contributed by atoms with Gasteiger partial charge in [-0.05, 0) is 53.2 Å². The average Bonchev–Trinajstić information content (AvgIpc) is 3.31. The van der Waals surface area contributed by atoms with Gasteiger partial charge < -0.3 is 9.73 Å². The zero-order chi connectivity index (χ0) is 21.7. The second-order valence-corrected chi connectivity index (χ2v) is 9.55. The molecule has 5 rings (SSSR count). The lowest BCUT2D eigenvalue weighted by Gasteiger charge is -2.07. The Morgan fingerprint density at radius 3 is 2.68 bits per heavy atom. The number of hydrogen-bond donors (Lipinski definition) is 1. The monoisotopic (exact) mass is 557 g/mol. The van der Waals surface area contributed by atoms with Gasteiger partial charge >= 0.3 is 5.63 Å². The zero-order valence-electron chi connectivity index (χ0n) is 16.0. The van der Waals surface area contributed by atoms with Crippen molar-refractivity contribution in [2.75, 3.05) is 5.32 Å². The van der Waals surface area contributed by atoms with Crippen LogP contribution in [0, 0.1) is 6.92 Å². The second-order valence-electron chi connectivity index (χ2n) is 6.94. The van der Waals surface area contributed by atoms with Crippen LogP contribution in [0.3, 0.4) is 0 Å². The van der Waals surface area contributed by atoms with Crippen molar-refractivity contribution in [3.05, 3.63) is 84.7 Å². The molecule has 0 spiro atoms. The molecular weight excluding hydrogens is 546 g/mol. The third-order valence-electron chi connectivity index (χ3n) is 4.82. The van der Waals surface area contributed by atoms with Gasteiger partial charge in [-0.15, -0.1) is 11.3 Å². The van der Waals surface area contributed by atoms with E-state index in [0.29, 0.717) is 21.1 Å². The molecule has 0 fully saturated rings. The van der Waals surface area contributed by atoms with E-state index in [4.69, 9.17) is 4.42 Å². The van der Waals surface area contributed by atoms with Gasteiger partial charge in [0.2, 0.25) is 0 Å². The lowest BCUT2D eigenvalue weighted by atomic mass is 10.1. The van der Waals surface area contributed by atoms with Crippen LogP contribution in [0.25, 0.3) is 27.2 Å². The quantitative estimate of drug-likeness (QED) is 0.265. The molecule has 154 valence electrons. The van der Waals surface area contributed by atoms with E-state index in [2.05, 4.69) is 47.5 Å². The number of carbonyl (C=O) groups is 1. The van der Waals surface area contributed by atoms with Gasteiger partial charge in [0.05, 0.1) is 10.2 Å². The summed E-state index contributed by atoms with van der Waals surface area (Å²) in [7, 11) is 0. The summed E-state index contributed by atoms with van der Waals surface area (Å²) in [5, 5.41) is 5.45. The van der Waals surface area contributed by atoms with E-state index in [1.54, 1.807) is 35.6 Å². The van der Waals surface area contributed by atoms with Gasteiger partial charge in [-0.3, -0.25) is 9.20 Å². The van der Waals surface area contributed by atoms with E-state index in [-0.39, 0.29) is 5.56 Å². The van der Waals surface area contributed by atoms with Crippen LogP contribution in [0.1, 0.15) is 16.1 Å². The predicted molar refractivity (Wildman–Crippen MR) is 129 cm³/mol. The Hall–Kier alpha value is -2.75. The molecule has 1 amide bonds. The fourth-order valence-corrected chi connectivity index (χ4v) is 5.46. The highest BCUT2D eigenvalue weighted by atomic mass is 79.9. The number of anilines is 1. The van der Waals surface area contributed by atoms with Crippen LogP contribution in [-0.4, -0.2) is 15.3 Å².